The molecule has 8 bridgehead atoms. The topological polar surface area (TPSA) is 49.4 Å². The second kappa shape index (κ2) is 11.0. The zero-order valence-corrected chi connectivity index (χ0v) is 25.0. The van der Waals surface area contributed by atoms with Gasteiger partial charge in [-0.3, -0.25) is 0 Å². The summed E-state index contributed by atoms with van der Waals surface area (Å²) in [4.78, 5) is 20.9. The van der Waals surface area contributed by atoms with E-state index in [0.717, 1.165) is 90.6 Å². The molecule has 4 heteroatoms. The van der Waals surface area contributed by atoms with Crippen molar-refractivity contribution in [3.63, 3.8) is 0 Å². The van der Waals surface area contributed by atoms with Crippen LogP contribution in [-0.4, -0.2) is 22.8 Å². The summed E-state index contributed by atoms with van der Waals surface area (Å²) in [6, 6.07) is 0. The van der Waals surface area contributed by atoms with Gasteiger partial charge in [-0.05, 0) is 121 Å². The molecule has 0 atom stereocenters. The van der Waals surface area contributed by atoms with Crippen molar-refractivity contribution in [2.75, 3.05) is 0 Å². The fourth-order valence-corrected chi connectivity index (χ4v) is 6.66. The van der Waals surface area contributed by atoms with Crippen LogP contribution in [0, 0.1) is 0 Å². The summed E-state index contributed by atoms with van der Waals surface area (Å²) in [7, 11) is 0. The van der Waals surface area contributed by atoms with Crippen molar-refractivity contribution in [3.05, 3.63) is 91.7 Å². The summed E-state index contributed by atoms with van der Waals surface area (Å²) in [6.07, 6.45) is 15.5. The van der Waals surface area contributed by atoms with E-state index >= 15 is 0 Å². The van der Waals surface area contributed by atoms with Gasteiger partial charge >= 0.3 is 0 Å². The van der Waals surface area contributed by atoms with Gasteiger partial charge in [0.2, 0.25) is 0 Å². The van der Waals surface area contributed by atoms with Crippen LogP contribution >= 0.6 is 0 Å². The SMILES string of the molecule is CCC1=C(C)C2=CC3=NC(=CC4=NC(=CC5=NC(=CC1=N2)C(CC)=C5CC)C(CC)=C4CC)C(CC)=C3CC. The van der Waals surface area contributed by atoms with E-state index < -0.39 is 0 Å². The number of fused-ring (bicyclic) bond motifs is 4. The Morgan fingerprint density at radius 1 is 0.359 bits per heavy atom. The molecule has 5 aliphatic rings. The molecule has 0 N–H and O–H groups in total. The van der Waals surface area contributed by atoms with Gasteiger partial charge in [-0.15, -0.1) is 0 Å². The van der Waals surface area contributed by atoms with Crippen LogP contribution in [0.1, 0.15) is 100 Å². The third kappa shape index (κ3) is 4.48. The van der Waals surface area contributed by atoms with Crippen molar-refractivity contribution in [1.82, 2.24) is 0 Å². The van der Waals surface area contributed by atoms with Crippen LogP contribution in [0.5, 0.6) is 0 Å². The summed E-state index contributed by atoms with van der Waals surface area (Å²) in [5.41, 5.74) is 18.9. The molecule has 202 valence electrons. The van der Waals surface area contributed by atoms with Crippen LogP contribution in [0.3, 0.4) is 0 Å². The van der Waals surface area contributed by atoms with Crippen LogP contribution < -0.4 is 0 Å². The van der Waals surface area contributed by atoms with Crippen LogP contribution in [0.2, 0.25) is 0 Å². The van der Waals surface area contributed by atoms with Crippen LogP contribution in [-0.2, 0) is 0 Å². The van der Waals surface area contributed by atoms with Gasteiger partial charge in [0, 0.05) is 0 Å². The fourth-order valence-electron chi connectivity index (χ4n) is 6.66. The van der Waals surface area contributed by atoms with E-state index in [4.69, 9.17) is 20.0 Å². The molecule has 0 spiro atoms. The maximum absolute atomic E-state index is 5.24. The molecule has 0 saturated heterocycles. The van der Waals surface area contributed by atoms with E-state index in [0.29, 0.717) is 0 Å². The van der Waals surface area contributed by atoms with Gasteiger partial charge in [0.05, 0.1) is 45.6 Å². The molecule has 0 amide bonds. The van der Waals surface area contributed by atoms with Gasteiger partial charge in [0.15, 0.2) is 0 Å². The van der Waals surface area contributed by atoms with Crippen LogP contribution in [0.15, 0.2) is 112 Å². The number of allylic oxidation sites excluding steroid dienone is 12. The minimum Gasteiger partial charge on any atom is -0.248 e. The zero-order chi connectivity index (χ0) is 27.8. The van der Waals surface area contributed by atoms with Crippen molar-refractivity contribution < 1.29 is 0 Å². The van der Waals surface area contributed by atoms with Crippen molar-refractivity contribution in [2.45, 2.75) is 100 Å². The molecule has 5 rings (SSSR count). The largest absolute Gasteiger partial charge is 0.248 e. The lowest BCUT2D eigenvalue weighted by Crippen LogP contribution is -1.99. The highest BCUT2D eigenvalue weighted by Gasteiger charge is 2.29. The van der Waals surface area contributed by atoms with Crippen LogP contribution in [0.25, 0.3) is 0 Å². The minimum absolute atomic E-state index is 0.939. The lowest BCUT2D eigenvalue weighted by molar-refractivity contribution is 1.05. The molecule has 0 aromatic rings. The Morgan fingerprint density at radius 3 is 0.923 bits per heavy atom. The number of hydrogen-bond donors (Lipinski definition) is 0. The number of nitrogens with zero attached hydrogens (tertiary/aromatic N) is 4. The Bertz CT molecular complexity index is 1510. The van der Waals surface area contributed by atoms with Gasteiger partial charge in [-0.1, -0.05) is 48.5 Å². The second-order valence-electron chi connectivity index (χ2n) is 10.6. The second-order valence-corrected chi connectivity index (χ2v) is 10.6. The van der Waals surface area contributed by atoms with Gasteiger partial charge in [-0.25, -0.2) is 20.0 Å². The smallest absolute Gasteiger partial charge is 0.0694 e. The first-order chi connectivity index (χ1) is 18.9. The average Bonchev–Trinajstić information content (AvgIpc) is 3.64. The van der Waals surface area contributed by atoms with E-state index in [1.165, 1.54) is 44.6 Å². The maximum atomic E-state index is 5.24. The van der Waals surface area contributed by atoms with E-state index in [9.17, 15) is 0 Å². The molecular formula is C35H42N4. The Morgan fingerprint density at radius 2 is 0.615 bits per heavy atom. The van der Waals surface area contributed by atoms with Gasteiger partial charge in [0.25, 0.3) is 0 Å². The first-order valence-corrected chi connectivity index (χ1v) is 15.0. The quantitative estimate of drug-likeness (QED) is 0.322. The van der Waals surface area contributed by atoms with E-state index in [1.807, 2.05) is 0 Å². The Kier molecular flexibility index (Phi) is 7.66. The molecule has 0 fully saturated rings. The number of hydrogen-bond acceptors (Lipinski definition) is 4. The van der Waals surface area contributed by atoms with Crippen LogP contribution in [0.4, 0.5) is 0 Å². The highest BCUT2D eigenvalue weighted by atomic mass is 14.9. The molecule has 0 aromatic carbocycles. The van der Waals surface area contributed by atoms with Gasteiger partial charge in [-0.2, -0.15) is 0 Å². The number of aliphatic imine (C=N–C) groups is 4. The molecule has 0 aliphatic carbocycles. The standard InChI is InChI=1S/C35H42N4/c1-9-21-20(8)28-16-30-22(10-2)23(11-3)32(37-30)18-34-26(14-6)27(15-7)35(39-34)19-33-25(13-5)24(12-4)31(38-33)17-29(21)36-28/h16-19H,9-15H2,1-8H3. The Labute approximate surface area is 234 Å². The molecule has 0 radical (unpaired) electrons. The van der Waals surface area contributed by atoms with E-state index in [2.05, 4.69) is 79.7 Å². The van der Waals surface area contributed by atoms with E-state index in [1.54, 1.807) is 0 Å². The molecular weight excluding hydrogens is 476 g/mol. The predicted molar refractivity (Wildman–Crippen MR) is 168 cm³/mol. The summed E-state index contributed by atoms with van der Waals surface area (Å²) in [5, 5.41) is 0. The molecule has 4 nitrogen and oxygen atoms in total. The van der Waals surface area contributed by atoms with Crippen molar-refractivity contribution >= 4 is 22.8 Å². The van der Waals surface area contributed by atoms with Gasteiger partial charge < -0.3 is 0 Å². The predicted octanol–water partition coefficient (Wildman–Crippen LogP) is 9.43. The molecule has 0 aromatic heterocycles. The lowest BCUT2D eigenvalue weighted by atomic mass is 9.94. The van der Waals surface area contributed by atoms with E-state index in [-0.39, 0.29) is 0 Å². The Hall–Kier alpha value is -3.40. The third-order valence-corrected chi connectivity index (χ3v) is 8.63. The molecule has 0 unspecified atom stereocenters. The third-order valence-electron chi connectivity index (χ3n) is 8.63. The normalized spacial score (nSPS) is 20.8. The highest BCUT2D eigenvalue weighted by molar-refractivity contribution is 6.20. The van der Waals surface area contributed by atoms with Crippen molar-refractivity contribution in [2.24, 2.45) is 20.0 Å². The van der Waals surface area contributed by atoms with Crippen molar-refractivity contribution in [3.8, 4) is 0 Å². The minimum atomic E-state index is 0.939. The molecule has 5 heterocycles. The highest BCUT2D eigenvalue weighted by Crippen LogP contribution is 2.39. The maximum Gasteiger partial charge on any atom is 0.0694 e. The molecule has 0 saturated carbocycles. The summed E-state index contributed by atoms with van der Waals surface area (Å²) >= 11 is 0. The summed E-state index contributed by atoms with van der Waals surface area (Å²) < 4.78 is 0. The average molecular weight is 519 g/mol. The molecule has 39 heavy (non-hydrogen) atoms. The van der Waals surface area contributed by atoms with Gasteiger partial charge in [0.1, 0.15) is 0 Å². The summed E-state index contributed by atoms with van der Waals surface area (Å²) in [5.74, 6) is 0. The zero-order valence-electron chi connectivity index (χ0n) is 25.0. The first-order valence-electron chi connectivity index (χ1n) is 15.0. The first kappa shape index (κ1) is 27.2. The number of rotatable bonds is 7. The Balaban J connectivity index is 1.84. The fraction of sp³-hybridized carbons (Fsp3) is 0.429. The summed E-state index contributed by atoms with van der Waals surface area (Å²) in [6.45, 7) is 17.8. The molecule has 5 aliphatic heterocycles. The monoisotopic (exact) mass is 518 g/mol. The lowest BCUT2D eigenvalue weighted by Gasteiger charge is -2.07. The van der Waals surface area contributed by atoms with Crippen molar-refractivity contribution in [1.29, 1.82) is 0 Å².